The van der Waals surface area contributed by atoms with Crippen LogP contribution in [0.25, 0.3) is 0 Å². The predicted molar refractivity (Wildman–Crippen MR) is 360 cm³/mol. The van der Waals surface area contributed by atoms with Crippen LogP contribution in [0.1, 0.15) is 169 Å². The summed E-state index contributed by atoms with van der Waals surface area (Å²) in [6.07, 6.45) is 5.80. The molecule has 0 aromatic carbocycles. The molecule has 528 valence electrons. The highest BCUT2D eigenvalue weighted by Gasteiger charge is 2.45. The van der Waals surface area contributed by atoms with Gasteiger partial charge in [0.25, 0.3) is 0 Å². The summed E-state index contributed by atoms with van der Waals surface area (Å²) in [4.78, 5) is 175. The number of carbonyl (C=O) groups excluding carboxylic acids is 11. The van der Waals surface area contributed by atoms with E-state index in [-0.39, 0.29) is 81.3 Å². The molecule has 24 heteroatoms. The first-order valence-corrected chi connectivity index (χ1v) is 33.5. The van der Waals surface area contributed by atoms with Crippen molar-refractivity contribution in [1.29, 1.82) is 0 Å². The zero-order valence-corrected chi connectivity index (χ0v) is 61.3. The van der Waals surface area contributed by atoms with Gasteiger partial charge in [0, 0.05) is 55.9 Å². The molecule has 92 heavy (non-hydrogen) atoms. The predicted octanol–water partition coefficient (Wildman–Crippen LogP) is 4.64. The van der Waals surface area contributed by atoms with Gasteiger partial charge in [-0.15, -0.1) is 0 Å². The highest BCUT2D eigenvalue weighted by atomic mass is 16.5. The summed E-state index contributed by atoms with van der Waals surface area (Å²) in [5.74, 6) is -8.45. The van der Waals surface area contributed by atoms with Crippen molar-refractivity contribution in [1.82, 2.24) is 60.5 Å². The molecule has 0 spiro atoms. The molecular formula is C68H124N12O12. The smallest absolute Gasteiger partial charge is 0.248 e. The van der Waals surface area contributed by atoms with E-state index in [9.17, 15) is 24.0 Å². The first kappa shape index (κ1) is 83.8. The summed E-state index contributed by atoms with van der Waals surface area (Å²) in [6.45, 7) is 31.1. The molecule has 1 aliphatic rings. The molecule has 24 nitrogen and oxygen atoms in total. The molecule has 0 saturated carbocycles. The van der Waals surface area contributed by atoms with Crippen LogP contribution in [-0.2, 0) is 57.5 Å². The molecule has 11 amide bonds. The molecule has 1 rings (SSSR count). The molecule has 0 radical (unpaired) electrons. The average Bonchev–Trinajstić information content (AvgIpc) is 0.841. The summed E-state index contributed by atoms with van der Waals surface area (Å²) in [5.41, 5.74) is 0. The Balaban J connectivity index is 4.50. The van der Waals surface area contributed by atoms with E-state index in [1.54, 1.807) is 34.6 Å². The van der Waals surface area contributed by atoms with Crippen molar-refractivity contribution in [3.8, 4) is 0 Å². The van der Waals surface area contributed by atoms with Gasteiger partial charge in [0.15, 0.2) is 0 Å². The topological polar surface area (TPSA) is 271 Å². The minimum atomic E-state index is -1.33. The number of hydrogen-bond donors (Lipinski definition) is 4. The van der Waals surface area contributed by atoms with Crippen LogP contribution in [-0.4, -0.2) is 254 Å². The molecule has 1 fully saturated rings. The quantitative estimate of drug-likeness (QED) is 0.0903. The van der Waals surface area contributed by atoms with E-state index in [1.807, 2.05) is 100 Å². The monoisotopic (exact) mass is 1300 g/mol. The lowest BCUT2D eigenvalue weighted by molar-refractivity contribution is -0.156. The first-order chi connectivity index (χ1) is 42.6. The third-order valence-electron chi connectivity index (χ3n) is 17.5. The van der Waals surface area contributed by atoms with Gasteiger partial charge in [-0.2, -0.15) is 0 Å². The van der Waals surface area contributed by atoms with Crippen LogP contribution in [0.2, 0.25) is 0 Å². The molecule has 1 aliphatic heterocycles. The maximum atomic E-state index is 15.3. The van der Waals surface area contributed by atoms with E-state index in [0.717, 1.165) is 0 Å². The fourth-order valence-corrected chi connectivity index (χ4v) is 11.5. The van der Waals surface area contributed by atoms with E-state index in [1.165, 1.54) is 97.5 Å². The summed E-state index contributed by atoms with van der Waals surface area (Å²) in [5, 5.41) is 11.3. The van der Waals surface area contributed by atoms with Crippen molar-refractivity contribution >= 4 is 65.0 Å². The second-order valence-electron chi connectivity index (χ2n) is 28.5. The summed E-state index contributed by atoms with van der Waals surface area (Å²) in [7, 11) is 14.0. The lowest BCUT2D eigenvalue weighted by Gasteiger charge is -2.41. The Morgan fingerprint density at radius 1 is 0.457 bits per heavy atom. The van der Waals surface area contributed by atoms with Gasteiger partial charge in [0.2, 0.25) is 65.0 Å². The molecule has 0 aromatic rings. The maximum absolute atomic E-state index is 15.3. The van der Waals surface area contributed by atoms with Gasteiger partial charge in [0.05, 0.1) is 13.2 Å². The largest absolute Gasteiger partial charge is 0.377 e. The van der Waals surface area contributed by atoms with Crippen molar-refractivity contribution < 1.29 is 57.5 Å². The van der Waals surface area contributed by atoms with E-state index < -0.39 is 143 Å². The van der Waals surface area contributed by atoms with Gasteiger partial charge in [-0.3, -0.25) is 52.7 Å². The highest BCUT2D eigenvalue weighted by Crippen LogP contribution is 2.26. The third kappa shape index (κ3) is 24.9. The van der Waals surface area contributed by atoms with Crippen molar-refractivity contribution in [3.63, 3.8) is 0 Å². The van der Waals surface area contributed by atoms with Gasteiger partial charge >= 0.3 is 0 Å². The van der Waals surface area contributed by atoms with Crippen molar-refractivity contribution in [2.24, 2.45) is 41.4 Å². The van der Waals surface area contributed by atoms with Crippen molar-refractivity contribution in [2.75, 3.05) is 83.2 Å². The van der Waals surface area contributed by atoms with Crippen LogP contribution in [0.3, 0.4) is 0 Å². The molecular weight excluding hydrogens is 1180 g/mol. The summed E-state index contributed by atoms with van der Waals surface area (Å²) in [6, 6.07) is -13.1. The maximum Gasteiger partial charge on any atom is 0.248 e. The standard InChI is InChI=1S/C68H124N12O12/c1-27-29-30-46(15)38-53-60(83)71-49(28-2)63(86)79(25)55(39-92-34-33-73(18)19)66(89)75(21)52(36-42(7)8)61(84)72-56(44(11)12)67(90)76(22)51(35-41(5)6)59(82)69-47(16)58(81)70-48(17)62(85)78(24)54(37-43(9)10)65(88)74(20)50(32-31-40(3)4)64(87)80(26)57(45(13)14)68(91)77(53)23/h27,29,40-57H,28,30-39H2,1-26H3,(H,69,82)(H,70,81)(H,71,83)(H,72,84)/b29-27+/t46-,47-,48+,49-,50-,51-,52+,53+,54+,55-,56-,57-/m1/s1. The second-order valence-corrected chi connectivity index (χ2v) is 28.5. The lowest BCUT2D eigenvalue weighted by Crippen LogP contribution is -2.62. The highest BCUT2D eigenvalue weighted by molar-refractivity contribution is 6.00. The number of ether oxygens (including phenoxy) is 1. The van der Waals surface area contributed by atoms with Crippen LogP contribution < -0.4 is 21.3 Å². The Labute approximate surface area is 553 Å². The first-order valence-electron chi connectivity index (χ1n) is 33.5. The van der Waals surface area contributed by atoms with Gasteiger partial charge in [0.1, 0.15) is 66.5 Å². The SMILES string of the molecule is C/C=C/C[C@@H](C)C[C@H]1C(=O)N[C@H](CC)C(=O)N(C)[C@H](COCCN(C)C)C(=O)N(C)[C@@H](CC(C)C)C(=O)N[C@H](C(C)C)C(=O)N(C)[C@H](CC(C)C)C(=O)N[C@H](C)C(=O)N[C@@H](C)C(=O)N(C)[C@@H](CC(C)C)C(=O)N(C)[C@H](CCC(C)C)C(=O)N(C)[C@H](C(C)C)C(=O)N1C. The molecule has 4 N–H and O–H groups in total. The number of allylic oxidation sites excluding steroid dienone is 2. The summed E-state index contributed by atoms with van der Waals surface area (Å²) >= 11 is 0. The Hall–Kier alpha value is -6.17. The zero-order chi connectivity index (χ0) is 71.1. The van der Waals surface area contributed by atoms with Crippen LogP contribution in [0.15, 0.2) is 12.2 Å². The molecule has 0 unspecified atom stereocenters. The molecule has 1 saturated heterocycles. The normalized spacial score (nSPS) is 26.3. The Bertz CT molecular complexity index is 2470. The minimum Gasteiger partial charge on any atom is -0.377 e. The molecule has 0 bridgehead atoms. The van der Waals surface area contributed by atoms with Gasteiger partial charge in [-0.25, -0.2) is 0 Å². The van der Waals surface area contributed by atoms with Crippen LogP contribution in [0.5, 0.6) is 0 Å². The Morgan fingerprint density at radius 3 is 1.36 bits per heavy atom. The number of carbonyl (C=O) groups is 11. The van der Waals surface area contributed by atoms with Crippen LogP contribution in [0, 0.1) is 41.4 Å². The number of nitrogens with one attached hydrogen (secondary N) is 4. The second kappa shape index (κ2) is 39.5. The van der Waals surface area contributed by atoms with E-state index in [4.69, 9.17) is 4.74 Å². The number of rotatable bonds is 21. The number of likely N-dealkylation sites (N-methyl/N-ethyl adjacent to an activating group) is 8. The number of hydrogen-bond acceptors (Lipinski definition) is 13. The van der Waals surface area contributed by atoms with E-state index in [0.29, 0.717) is 19.4 Å². The van der Waals surface area contributed by atoms with Crippen LogP contribution >= 0.6 is 0 Å². The zero-order valence-electron chi connectivity index (χ0n) is 61.3. The molecule has 0 aliphatic carbocycles. The van der Waals surface area contributed by atoms with Crippen LogP contribution in [0.4, 0.5) is 0 Å². The van der Waals surface area contributed by atoms with Gasteiger partial charge < -0.3 is 65.2 Å². The van der Waals surface area contributed by atoms with Crippen molar-refractivity contribution in [3.05, 3.63) is 12.2 Å². The Morgan fingerprint density at radius 2 is 0.880 bits per heavy atom. The third-order valence-corrected chi connectivity index (χ3v) is 17.5. The number of nitrogens with zero attached hydrogens (tertiary/aromatic N) is 8. The minimum absolute atomic E-state index is 0.0632. The van der Waals surface area contributed by atoms with E-state index in [2.05, 4.69) is 21.3 Å². The fraction of sp³-hybridized carbons (Fsp3) is 0.809. The lowest BCUT2D eigenvalue weighted by atomic mass is 9.94. The van der Waals surface area contributed by atoms with Gasteiger partial charge in [-0.05, 0) is 128 Å². The van der Waals surface area contributed by atoms with Gasteiger partial charge in [-0.1, -0.05) is 109 Å². The molecule has 1 heterocycles. The van der Waals surface area contributed by atoms with E-state index >= 15 is 28.8 Å². The number of amides is 11. The molecule has 12 atom stereocenters. The Kier molecular flexibility index (Phi) is 36.0. The van der Waals surface area contributed by atoms with Crippen molar-refractivity contribution in [2.45, 2.75) is 236 Å². The fourth-order valence-electron chi connectivity index (χ4n) is 11.5. The summed E-state index contributed by atoms with van der Waals surface area (Å²) < 4.78 is 6.10. The molecule has 0 aromatic heterocycles. The average molecular weight is 1300 g/mol.